The minimum absolute atomic E-state index is 0.211. The Morgan fingerprint density at radius 2 is 1.85 bits per heavy atom. The van der Waals surface area contributed by atoms with E-state index in [1.54, 1.807) is 30.3 Å². The van der Waals surface area contributed by atoms with E-state index in [0.717, 1.165) is 0 Å². The lowest BCUT2D eigenvalue weighted by molar-refractivity contribution is -0.123. The lowest BCUT2D eigenvalue weighted by Gasteiger charge is -2.09. The highest BCUT2D eigenvalue weighted by Gasteiger charge is 2.09. The maximum absolute atomic E-state index is 11.8. The summed E-state index contributed by atoms with van der Waals surface area (Å²) in [5.74, 6) is 1.07. The van der Waals surface area contributed by atoms with Crippen LogP contribution in [0.3, 0.4) is 0 Å². The molecule has 2 aromatic carbocycles. The summed E-state index contributed by atoms with van der Waals surface area (Å²) in [5, 5.41) is 4.83. The van der Waals surface area contributed by atoms with Crippen LogP contribution in [-0.4, -0.2) is 32.9 Å². The van der Waals surface area contributed by atoms with Crippen LogP contribution in [0.4, 0.5) is 0 Å². The molecule has 0 saturated carbocycles. The molecule has 0 spiro atoms. The fraction of sp³-hybridized carbons (Fsp3) is 0.176. The third-order valence-electron chi connectivity index (χ3n) is 3.15. The molecule has 0 saturated heterocycles. The summed E-state index contributed by atoms with van der Waals surface area (Å²) in [5.41, 5.74) is 2.92. The fourth-order valence-electron chi connectivity index (χ4n) is 1.91. The summed E-state index contributed by atoms with van der Waals surface area (Å²) >= 11 is 15.3. The third-order valence-corrected chi connectivity index (χ3v) is 4.33. The molecule has 0 aromatic heterocycles. The van der Waals surface area contributed by atoms with Crippen molar-refractivity contribution in [1.29, 1.82) is 0 Å². The molecule has 9 heteroatoms. The van der Waals surface area contributed by atoms with Crippen molar-refractivity contribution in [2.45, 2.75) is 0 Å². The molecule has 138 valence electrons. The average molecular weight is 462 g/mol. The van der Waals surface area contributed by atoms with Crippen LogP contribution >= 0.6 is 39.1 Å². The van der Waals surface area contributed by atoms with Gasteiger partial charge in [0.15, 0.2) is 18.1 Å². The Balaban J connectivity index is 1.94. The Morgan fingerprint density at radius 1 is 1.15 bits per heavy atom. The van der Waals surface area contributed by atoms with E-state index in [1.807, 2.05) is 0 Å². The number of rotatable bonds is 7. The Bertz CT molecular complexity index is 831. The van der Waals surface area contributed by atoms with E-state index < -0.39 is 5.91 Å². The van der Waals surface area contributed by atoms with Gasteiger partial charge in [0.1, 0.15) is 5.75 Å². The summed E-state index contributed by atoms with van der Waals surface area (Å²) in [6, 6.07) is 8.25. The van der Waals surface area contributed by atoms with Gasteiger partial charge in [-0.3, -0.25) is 4.79 Å². The summed E-state index contributed by atoms with van der Waals surface area (Å²) in [6.07, 6.45) is 1.40. The van der Waals surface area contributed by atoms with Crippen LogP contribution in [0.25, 0.3) is 0 Å². The Hall–Kier alpha value is -1.96. The van der Waals surface area contributed by atoms with Gasteiger partial charge in [-0.15, -0.1) is 0 Å². The van der Waals surface area contributed by atoms with Crippen molar-refractivity contribution in [3.63, 3.8) is 0 Å². The van der Waals surface area contributed by atoms with Crippen LogP contribution in [-0.2, 0) is 4.79 Å². The molecule has 2 aromatic rings. The molecule has 0 aliphatic heterocycles. The number of nitrogens with one attached hydrogen (secondary N) is 1. The first-order valence-electron chi connectivity index (χ1n) is 7.26. The summed E-state index contributed by atoms with van der Waals surface area (Å²) in [4.78, 5) is 11.8. The van der Waals surface area contributed by atoms with E-state index >= 15 is 0 Å². The second kappa shape index (κ2) is 9.66. The molecule has 0 atom stereocenters. The van der Waals surface area contributed by atoms with E-state index in [9.17, 15) is 4.79 Å². The number of benzene rings is 2. The number of amides is 1. The standard InChI is InChI=1S/C17H15BrCl2N2O4/c1-24-15-5-10(13(20)7-16(15)25-2)8-21-22-17(23)9-26-14-4-3-11(19)6-12(14)18/h3-8H,9H2,1-2H3,(H,22,23)/b21-8+. The van der Waals surface area contributed by atoms with Gasteiger partial charge in [0.2, 0.25) is 0 Å². The van der Waals surface area contributed by atoms with Crippen molar-refractivity contribution in [3.8, 4) is 17.2 Å². The number of carbonyl (C=O) groups excluding carboxylic acids is 1. The number of hydrazone groups is 1. The number of carbonyl (C=O) groups is 1. The van der Waals surface area contributed by atoms with E-state index in [4.69, 9.17) is 37.4 Å². The zero-order chi connectivity index (χ0) is 19.1. The number of nitrogens with zero attached hydrogens (tertiary/aromatic N) is 1. The normalized spacial score (nSPS) is 10.7. The largest absolute Gasteiger partial charge is 0.493 e. The summed E-state index contributed by atoms with van der Waals surface area (Å²) in [6.45, 7) is -0.211. The molecule has 26 heavy (non-hydrogen) atoms. The molecule has 6 nitrogen and oxygen atoms in total. The zero-order valence-corrected chi connectivity index (χ0v) is 17.0. The van der Waals surface area contributed by atoms with Crippen LogP contribution < -0.4 is 19.6 Å². The molecule has 1 amide bonds. The Kier molecular flexibility index (Phi) is 7.56. The number of hydrogen-bond donors (Lipinski definition) is 1. The van der Waals surface area contributed by atoms with Crippen LogP contribution in [0, 0.1) is 0 Å². The molecule has 0 bridgehead atoms. The van der Waals surface area contributed by atoms with Crippen LogP contribution in [0.1, 0.15) is 5.56 Å². The monoisotopic (exact) mass is 460 g/mol. The third kappa shape index (κ3) is 5.52. The van der Waals surface area contributed by atoms with Crippen LogP contribution in [0.15, 0.2) is 39.9 Å². The maximum atomic E-state index is 11.8. The van der Waals surface area contributed by atoms with Crippen molar-refractivity contribution in [2.75, 3.05) is 20.8 Å². The van der Waals surface area contributed by atoms with Gasteiger partial charge in [-0.05, 0) is 40.2 Å². The van der Waals surface area contributed by atoms with Crippen molar-refractivity contribution in [2.24, 2.45) is 5.10 Å². The number of halogens is 3. The molecule has 1 N–H and O–H groups in total. The smallest absolute Gasteiger partial charge is 0.277 e. The first kappa shape index (κ1) is 20.4. The predicted molar refractivity (Wildman–Crippen MR) is 105 cm³/mol. The number of hydrogen-bond acceptors (Lipinski definition) is 5. The SMILES string of the molecule is COc1cc(Cl)c(/C=N/NC(=O)COc2ccc(Cl)cc2Br)cc1OC. The predicted octanol–water partition coefficient (Wildman–Crippen LogP) is 4.30. The number of methoxy groups -OCH3 is 2. The summed E-state index contributed by atoms with van der Waals surface area (Å²) < 4.78 is 16.4. The minimum Gasteiger partial charge on any atom is -0.493 e. The summed E-state index contributed by atoms with van der Waals surface area (Å²) in [7, 11) is 3.03. The highest BCUT2D eigenvalue weighted by atomic mass is 79.9. The lowest BCUT2D eigenvalue weighted by atomic mass is 10.2. The zero-order valence-electron chi connectivity index (χ0n) is 13.9. The molecule has 0 radical (unpaired) electrons. The van der Waals surface area contributed by atoms with Crippen molar-refractivity contribution in [3.05, 3.63) is 50.4 Å². The first-order valence-corrected chi connectivity index (χ1v) is 8.80. The Labute approximate surface area is 169 Å². The number of ether oxygens (including phenoxy) is 3. The second-order valence-corrected chi connectivity index (χ2v) is 6.58. The van der Waals surface area contributed by atoms with E-state index in [2.05, 4.69) is 26.5 Å². The quantitative estimate of drug-likeness (QED) is 0.493. The lowest BCUT2D eigenvalue weighted by Crippen LogP contribution is -2.24. The minimum atomic E-state index is -0.431. The van der Waals surface area contributed by atoms with E-state index in [-0.39, 0.29) is 6.61 Å². The van der Waals surface area contributed by atoms with Crippen molar-refractivity contribution >= 4 is 51.3 Å². The molecular formula is C17H15BrCl2N2O4. The molecule has 0 unspecified atom stereocenters. The molecule has 0 fully saturated rings. The van der Waals surface area contributed by atoms with Gasteiger partial charge in [-0.2, -0.15) is 5.10 Å². The molecule has 0 aliphatic rings. The highest BCUT2D eigenvalue weighted by Crippen LogP contribution is 2.32. The van der Waals surface area contributed by atoms with Gasteiger partial charge in [0.05, 0.1) is 29.9 Å². The van der Waals surface area contributed by atoms with Gasteiger partial charge < -0.3 is 14.2 Å². The van der Waals surface area contributed by atoms with Crippen molar-refractivity contribution < 1.29 is 19.0 Å². The molecule has 0 heterocycles. The van der Waals surface area contributed by atoms with Gasteiger partial charge in [-0.25, -0.2) is 5.43 Å². The van der Waals surface area contributed by atoms with Gasteiger partial charge in [0, 0.05) is 16.7 Å². The van der Waals surface area contributed by atoms with Crippen LogP contribution in [0.2, 0.25) is 10.0 Å². The molecule has 2 rings (SSSR count). The Morgan fingerprint density at radius 3 is 2.50 bits per heavy atom. The van der Waals surface area contributed by atoms with Gasteiger partial charge >= 0.3 is 0 Å². The van der Waals surface area contributed by atoms with E-state index in [1.165, 1.54) is 20.4 Å². The average Bonchev–Trinajstić information content (AvgIpc) is 2.62. The van der Waals surface area contributed by atoms with Gasteiger partial charge in [0.25, 0.3) is 5.91 Å². The van der Waals surface area contributed by atoms with Crippen molar-refractivity contribution in [1.82, 2.24) is 5.43 Å². The highest BCUT2D eigenvalue weighted by molar-refractivity contribution is 9.10. The maximum Gasteiger partial charge on any atom is 0.277 e. The second-order valence-electron chi connectivity index (χ2n) is 4.89. The fourth-order valence-corrected chi connectivity index (χ4v) is 2.91. The molecule has 0 aliphatic carbocycles. The molecular weight excluding hydrogens is 447 g/mol. The van der Waals surface area contributed by atoms with Gasteiger partial charge in [-0.1, -0.05) is 23.2 Å². The van der Waals surface area contributed by atoms with E-state index in [0.29, 0.717) is 37.3 Å². The topological polar surface area (TPSA) is 69.2 Å². The first-order chi connectivity index (χ1) is 12.4. The van der Waals surface area contributed by atoms with Crippen LogP contribution in [0.5, 0.6) is 17.2 Å².